The van der Waals surface area contributed by atoms with Gasteiger partial charge in [0.15, 0.2) is 0 Å². The Kier molecular flexibility index (Phi) is 4.72. The maximum absolute atomic E-state index is 4.30. The summed E-state index contributed by atoms with van der Waals surface area (Å²) in [5.41, 5.74) is 0. The molecule has 3 heteroatoms. The molecule has 1 aliphatic heterocycles. The van der Waals surface area contributed by atoms with E-state index in [0.29, 0.717) is 0 Å². The molecule has 1 aliphatic rings. The fourth-order valence-corrected chi connectivity index (χ4v) is 0.219. The molecule has 0 saturated heterocycles. The van der Waals surface area contributed by atoms with Crippen LogP contribution in [0.5, 0.6) is 0 Å². The van der Waals surface area contributed by atoms with Crippen molar-refractivity contribution in [2.24, 2.45) is 0 Å². The van der Waals surface area contributed by atoms with E-state index in [2.05, 4.69) is 9.78 Å². The molecule has 0 amide bonds. The van der Waals surface area contributed by atoms with Gasteiger partial charge < -0.3 is 0 Å². The molecule has 0 spiro atoms. The molecule has 2 nitrogen and oxygen atoms in total. The molecule has 7 heavy (non-hydrogen) atoms. The maximum atomic E-state index is 4.30. The topological polar surface area (TPSA) is 18.5 Å². The van der Waals surface area contributed by atoms with Crippen molar-refractivity contribution in [1.29, 1.82) is 0 Å². The predicted octanol–water partition coefficient (Wildman–Crippen LogP) is 0.0594. The van der Waals surface area contributed by atoms with E-state index in [0.717, 1.165) is 0 Å². The molecular weight excluding hydrogens is 120 g/mol. The third-order valence-electron chi connectivity index (χ3n) is 0.435. The Morgan fingerprint density at radius 3 is 1.43 bits per heavy atom. The summed E-state index contributed by atoms with van der Waals surface area (Å²) in [6, 6.07) is 0. The van der Waals surface area contributed by atoms with E-state index in [-0.39, 0.29) is 37.7 Å². The van der Waals surface area contributed by atoms with Crippen LogP contribution < -0.4 is 0 Å². The second-order valence-electron chi connectivity index (χ2n) is 0.850. The number of allylic oxidation sites excluding steroid dienone is 2. The molecule has 0 N–H and O–H groups in total. The second kappa shape index (κ2) is 4.50. The fraction of sp³-hybridized carbons (Fsp3) is 0. The van der Waals surface area contributed by atoms with Gasteiger partial charge in [-0.25, -0.2) is 0 Å². The molecule has 0 aromatic carbocycles. The Bertz CT molecular complexity index is 75.7. The normalized spacial score (nSPS) is 13.7. The quantitative estimate of drug-likeness (QED) is 0.337. The van der Waals surface area contributed by atoms with Crippen molar-refractivity contribution in [2.45, 2.75) is 0 Å². The Hall–Kier alpha value is 0.340. The van der Waals surface area contributed by atoms with Gasteiger partial charge in [-0.05, 0) is 12.2 Å². The molecule has 0 aromatic rings. The van der Waals surface area contributed by atoms with Gasteiger partial charge in [-0.15, -0.1) is 0 Å². The van der Waals surface area contributed by atoms with Gasteiger partial charge in [-0.2, -0.15) is 0 Å². The summed E-state index contributed by atoms with van der Waals surface area (Å²) in [6.07, 6.45) is 6.40. The summed E-state index contributed by atoms with van der Waals surface area (Å²) in [4.78, 5) is 8.60. The van der Waals surface area contributed by atoms with E-state index in [9.17, 15) is 0 Å². The minimum absolute atomic E-state index is 0. The molecule has 1 heterocycles. The summed E-state index contributed by atoms with van der Waals surface area (Å²) < 4.78 is 0. The molecule has 0 aliphatic carbocycles. The average Bonchev–Trinajstić information content (AvgIpc) is 1.72. The molecule has 0 fully saturated rings. The van der Waals surface area contributed by atoms with E-state index >= 15 is 0 Å². The van der Waals surface area contributed by atoms with Gasteiger partial charge in [-0.3, -0.25) is 9.78 Å². The van der Waals surface area contributed by atoms with Crippen molar-refractivity contribution < 1.29 is 9.78 Å². The summed E-state index contributed by atoms with van der Waals surface area (Å²) >= 11 is 0. The summed E-state index contributed by atoms with van der Waals surface area (Å²) in [5.74, 6) is 0. The van der Waals surface area contributed by atoms with Crippen LogP contribution in [0, 0.1) is 0 Å². The Morgan fingerprint density at radius 1 is 0.857 bits per heavy atom. The SMILES string of the molecule is C1=COOC=C1.[CaH2]. The van der Waals surface area contributed by atoms with Crippen molar-refractivity contribution in [3.05, 3.63) is 24.7 Å². The van der Waals surface area contributed by atoms with Gasteiger partial charge in [0.05, 0.1) is 0 Å². The van der Waals surface area contributed by atoms with Gasteiger partial charge in [-0.1, -0.05) is 0 Å². The Morgan fingerprint density at radius 2 is 1.29 bits per heavy atom. The number of rotatable bonds is 0. The third kappa shape index (κ3) is 2.97. The van der Waals surface area contributed by atoms with Crippen molar-refractivity contribution in [3.8, 4) is 0 Å². The van der Waals surface area contributed by atoms with Crippen molar-refractivity contribution in [2.75, 3.05) is 0 Å². The first-order valence-electron chi connectivity index (χ1n) is 1.64. The Balaban J connectivity index is 0.000000360. The standard InChI is InChI=1S/C4H4O2.Ca.2H/c1-2-4-6-5-3-1;;;/h1-4H;;;. The molecule has 0 aromatic heterocycles. The van der Waals surface area contributed by atoms with E-state index in [1.54, 1.807) is 12.2 Å². The van der Waals surface area contributed by atoms with E-state index < -0.39 is 0 Å². The number of hydrogen-bond donors (Lipinski definition) is 0. The molecule has 0 atom stereocenters. The van der Waals surface area contributed by atoms with E-state index in [1.807, 2.05) is 0 Å². The van der Waals surface area contributed by atoms with Gasteiger partial charge in [0, 0.05) is 0 Å². The van der Waals surface area contributed by atoms with Gasteiger partial charge in [0.2, 0.25) is 0 Å². The predicted molar refractivity (Wildman–Crippen MR) is 29.0 cm³/mol. The van der Waals surface area contributed by atoms with Crippen molar-refractivity contribution in [1.82, 2.24) is 0 Å². The zero-order valence-electron chi connectivity index (χ0n) is 3.13. The fourth-order valence-electron chi connectivity index (χ4n) is 0.219. The van der Waals surface area contributed by atoms with Crippen LogP contribution in [-0.4, -0.2) is 37.7 Å². The molecular formula is C4H6CaO2. The molecule has 0 saturated carbocycles. The summed E-state index contributed by atoms with van der Waals surface area (Å²) in [7, 11) is 0. The van der Waals surface area contributed by atoms with Crippen LogP contribution in [0.25, 0.3) is 0 Å². The summed E-state index contributed by atoms with van der Waals surface area (Å²) in [5, 5.41) is 0. The van der Waals surface area contributed by atoms with Crippen LogP contribution in [0.1, 0.15) is 0 Å². The molecule has 1 rings (SSSR count). The van der Waals surface area contributed by atoms with Crippen LogP contribution in [0.4, 0.5) is 0 Å². The zero-order valence-corrected chi connectivity index (χ0v) is 3.13. The molecule has 36 valence electrons. The third-order valence-corrected chi connectivity index (χ3v) is 0.435. The molecule has 0 bridgehead atoms. The first-order chi connectivity index (χ1) is 3.00. The van der Waals surface area contributed by atoms with Gasteiger partial charge >= 0.3 is 37.7 Å². The Labute approximate surface area is 71.7 Å². The van der Waals surface area contributed by atoms with Crippen molar-refractivity contribution in [3.63, 3.8) is 0 Å². The zero-order chi connectivity index (χ0) is 4.24. The first kappa shape index (κ1) is 7.34. The molecule has 0 radical (unpaired) electrons. The summed E-state index contributed by atoms with van der Waals surface area (Å²) in [6.45, 7) is 0. The van der Waals surface area contributed by atoms with Crippen LogP contribution >= 0.6 is 0 Å². The van der Waals surface area contributed by atoms with E-state index in [4.69, 9.17) is 0 Å². The first-order valence-corrected chi connectivity index (χ1v) is 1.64. The van der Waals surface area contributed by atoms with Crippen LogP contribution in [0.3, 0.4) is 0 Å². The van der Waals surface area contributed by atoms with Crippen molar-refractivity contribution >= 4 is 37.7 Å². The second-order valence-corrected chi connectivity index (χ2v) is 0.850. The van der Waals surface area contributed by atoms with E-state index in [1.165, 1.54) is 12.5 Å². The monoisotopic (exact) mass is 126 g/mol. The van der Waals surface area contributed by atoms with Crippen LogP contribution in [0.2, 0.25) is 0 Å². The van der Waals surface area contributed by atoms with Gasteiger partial charge in [0.25, 0.3) is 0 Å². The minimum atomic E-state index is 0. The van der Waals surface area contributed by atoms with Crippen LogP contribution in [0.15, 0.2) is 24.7 Å². The number of hydrogen-bond acceptors (Lipinski definition) is 2. The molecule has 0 unspecified atom stereocenters. The average molecular weight is 126 g/mol. The van der Waals surface area contributed by atoms with Gasteiger partial charge in [0.1, 0.15) is 12.5 Å². The van der Waals surface area contributed by atoms with Crippen LogP contribution in [-0.2, 0) is 9.78 Å².